The molecule has 4 rings (SSSR count). The molecule has 0 amide bonds. The van der Waals surface area contributed by atoms with E-state index in [4.69, 9.17) is 14.2 Å². The van der Waals surface area contributed by atoms with Crippen molar-refractivity contribution in [3.63, 3.8) is 0 Å². The minimum atomic E-state index is -0.303. The van der Waals surface area contributed by atoms with Gasteiger partial charge >= 0.3 is 0 Å². The van der Waals surface area contributed by atoms with Gasteiger partial charge in [0.15, 0.2) is 6.10 Å². The Labute approximate surface area is 157 Å². The van der Waals surface area contributed by atoms with E-state index < -0.39 is 0 Å². The number of aromatic nitrogens is 2. The molecule has 0 fully saturated rings. The van der Waals surface area contributed by atoms with E-state index in [1.807, 2.05) is 43.3 Å². The fourth-order valence-corrected chi connectivity index (χ4v) is 2.89. The molecule has 0 unspecified atom stereocenters. The molecule has 3 aromatic rings. The number of ether oxygens (including phenoxy) is 3. The standard InChI is InChI=1S/C21H20N2O4/c1-14-4-3-5-19(15(14)2)26-17-8-6-16(7-9-17)25-13-18-12-23-11-10-20(24)22-21(23)27-18/h3-11,18H,12-13H2,1-2H3/t18-/m0/s1. The minimum Gasteiger partial charge on any atom is -0.490 e. The second-order valence-electron chi connectivity index (χ2n) is 6.52. The zero-order chi connectivity index (χ0) is 18.8. The molecule has 2 aromatic carbocycles. The molecule has 6 heteroatoms. The summed E-state index contributed by atoms with van der Waals surface area (Å²) in [5, 5.41) is 0. The average Bonchev–Trinajstić information content (AvgIpc) is 3.07. The first-order valence-electron chi connectivity index (χ1n) is 8.79. The van der Waals surface area contributed by atoms with E-state index in [9.17, 15) is 4.79 Å². The first kappa shape index (κ1) is 17.1. The maximum absolute atomic E-state index is 11.3. The van der Waals surface area contributed by atoms with Crippen LogP contribution in [0.2, 0.25) is 0 Å². The summed E-state index contributed by atoms with van der Waals surface area (Å²) in [5.74, 6) is 2.33. The molecule has 0 N–H and O–H groups in total. The van der Waals surface area contributed by atoms with Gasteiger partial charge in [-0.1, -0.05) is 12.1 Å². The van der Waals surface area contributed by atoms with Crippen LogP contribution in [-0.2, 0) is 6.54 Å². The first-order chi connectivity index (χ1) is 13.1. The fourth-order valence-electron chi connectivity index (χ4n) is 2.89. The molecule has 2 heterocycles. The highest BCUT2D eigenvalue weighted by atomic mass is 16.6. The van der Waals surface area contributed by atoms with Crippen LogP contribution in [0.15, 0.2) is 59.5 Å². The summed E-state index contributed by atoms with van der Waals surface area (Å²) in [4.78, 5) is 15.1. The quantitative estimate of drug-likeness (QED) is 0.693. The maximum atomic E-state index is 11.3. The minimum absolute atomic E-state index is 0.176. The molecule has 6 nitrogen and oxygen atoms in total. The summed E-state index contributed by atoms with van der Waals surface area (Å²) in [7, 11) is 0. The van der Waals surface area contributed by atoms with E-state index in [0.29, 0.717) is 19.2 Å². The van der Waals surface area contributed by atoms with Gasteiger partial charge in [0.25, 0.3) is 11.6 Å². The highest BCUT2D eigenvalue weighted by Crippen LogP contribution is 2.28. The molecule has 1 aliphatic heterocycles. The van der Waals surface area contributed by atoms with Gasteiger partial charge in [-0.25, -0.2) is 0 Å². The van der Waals surface area contributed by atoms with Crippen LogP contribution in [0.5, 0.6) is 23.3 Å². The molecule has 0 aliphatic carbocycles. The van der Waals surface area contributed by atoms with E-state index in [-0.39, 0.29) is 11.7 Å². The first-order valence-corrected chi connectivity index (χ1v) is 8.79. The molecule has 1 aliphatic rings. The second kappa shape index (κ2) is 7.15. The zero-order valence-electron chi connectivity index (χ0n) is 15.2. The van der Waals surface area contributed by atoms with Gasteiger partial charge in [0.1, 0.15) is 23.9 Å². The van der Waals surface area contributed by atoms with Crippen LogP contribution in [-0.4, -0.2) is 22.3 Å². The Kier molecular flexibility index (Phi) is 4.54. The third-order valence-corrected chi connectivity index (χ3v) is 4.56. The summed E-state index contributed by atoms with van der Waals surface area (Å²) in [6, 6.07) is 15.3. The molecule has 138 valence electrons. The SMILES string of the molecule is Cc1cccc(Oc2ccc(OC[C@@H]3Cn4ccc(=O)nc4O3)cc2)c1C. The monoisotopic (exact) mass is 364 g/mol. The molecule has 0 spiro atoms. The topological polar surface area (TPSA) is 62.6 Å². The van der Waals surface area contributed by atoms with Gasteiger partial charge in [0, 0.05) is 12.3 Å². The summed E-state index contributed by atoms with van der Waals surface area (Å²) >= 11 is 0. The lowest BCUT2D eigenvalue weighted by Crippen LogP contribution is -2.23. The van der Waals surface area contributed by atoms with E-state index in [2.05, 4.69) is 18.0 Å². The largest absolute Gasteiger partial charge is 0.490 e. The third-order valence-electron chi connectivity index (χ3n) is 4.56. The molecule has 1 atom stereocenters. The third kappa shape index (κ3) is 3.79. The fraction of sp³-hybridized carbons (Fsp3) is 0.238. The highest BCUT2D eigenvalue weighted by Gasteiger charge is 2.23. The van der Waals surface area contributed by atoms with Crippen LogP contribution in [0.1, 0.15) is 11.1 Å². The number of aryl methyl sites for hydroxylation is 1. The van der Waals surface area contributed by atoms with E-state index >= 15 is 0 Å². The van der Waals surface area contributed by atoms with Crippen LogP contribution >= 0.6 is 0 Å². The van der Waals surface area contributed by atoms with Crippen molar-refractivity contribution in [3.8, 4) is 23.3 Å². The van der Waals surface area contributed by atoms with Crippen molar-refractivity contribution in [1.29, 1.82) is 0 Å². The summed E-state index contributed by atoms with van der Waals surface area (Å²) in [5.41, 5.74) is 2.02. The number of rotatable bonds is 5. The number of hydrogen-bond acceptors (Lipinski definition) is 5. The van der Waals surface area contributed by atoms with Gasteiger partial charge in [0.2, 0.25) is 0 Å². The van der Waals surface area contributed by atoms with Crippen LogP contribution in [0.3, 0.4) is 0 Å². The van der Waals surface area contributed by atoms with Crippen molar-refractivity contribution < 1.29 is 14.2 Å². The normalized spacial score (nSPS) is 15.1. The van der Waals surface area contributed by atoms with Crippen LogP contribution in [0.25, 0.3) is 0 Å². The lowest BCUT2D eigenvalue weighted by Gasteiger charge is -2.13. The smallest absolute Gasteiger partial charge is 0.300 e. The molecule has 1 aromatic heterocycles. The number of fused-ring (bicyclic) bond motifs is 1. The second-order valence-corrected chi connectivity index (χ2v) is 6.52. The van der Waals surface area contributed by atoms with Crippen molar-refractivity contribution in [1.82, 2.24) is 9.55 Å². The zero-order valence-corrected chi connectivity index (χ0v) is 15.2. The van der Waals surface area contributed by atoms with Crippen molar-refractivity contribution in [3.05, 3.63) is 76.2 Å². The summed E-state index contributed by atoms with van der Waals surface area (Å²) < 4.78 is 19.2. The predicted molar refractivity (Wildman–Crippen MR) is 101 cm³/mol. The Bertz CT molecular complexity index is 1010. The van der Waals surface area contributed by atoms with Gasteiger partial charge in [-0.05, 0) is 55.3 Å². The Balaban J connectivity index is 1.35. The molecular formula is C21H20N2O4. The van der Waals surface area contributed by atoms with Crippen molar-refractivity contribution in [2.24, 2.45) is 0 Å². The van der Waals surface area contributed by atoms with Crippen LogP contribution < -0.4 is 19.8 Å². The van der Waals surface area contributed by atoms with Crippen LogP contribution in [0, 0.1) is 13.8 Å². The molecular weight excluding hydrogens is 344 g/mol. The van der Waals surface area contributed by atoms with Crippen molar-refractivity contribution in [2.45, 2.75) is 26.5 Å². The number of benzene rings is 2. The molecule has 27 heavy (non-hydrogen) atoms. The Hall–Kier alpha value is -3.28. The van der Waals surface area contributed by atoms with Crippen molar-refractivity contribution >= 4 is 0 Å². The molecule has 0 saturated heterocycles. The van der Waals surface area contributed by atoms with Gasteiger partial charge in [0.05, 0.1) is 6.54 Å². The maximum Gasteiger partial charge on any atom is 0.300 e. The Morgan fingerprint density at radius 1 is 1.11 bits per heavy atom. The van der Waals surface area contributed by atoms with E-state index in [0.717, 1.165) is 22.8 Å². The number of hydrogen-bond donors (Lipinski definition) is 0. The lowest BCUT2D eigenvalue weighted by atomic mass is 10.1. The van der Waals surface area contributed by atoms with Crippen molar-refractivity contribution in [2.75, 3.05) is 6.61 Å². The van der Waals surface area contributed by atoms with Gasteiger partial charge in [-0.3, -0.25) is 9.36 Å². The predicted octanol–water partition coefficient (Wildman–Crippen LogP) is 3.49. The average molecular weight is 364 g/mol. The van der Waals surface area contributed by atoms with Gasteiger partial charge in [-0.2, -0.15) is 4.98 Å². The summed E-state index contributed by atoms with van der Waals surface area (Å²) in [6.07, 6.45) is 1.51. The van der Waals surface area contributed by atoms with Gasteiger partial charge in [-0.15, -0.1) is 0 Å². The van der Waals surface area contributed by atoms with E-state index in [1.165, 1.54) is 11.6 Å². The molecule has 0 bridgehead atoms. The van der Waals surface area contributed by atoms with Gasteiger partial charge < -0.3 is 14.2 Å². The molecule has 0 radical (unpaired) electrons. The Morgan fingerprint density at radius 3 is 2.70 bits per heavy atom. The van der Waals surface area contributed by atoms with Crippen LogP contribution in [0.4, 0.5) is 0 Å². The Morgan fingerprint density at radius 2 is 1.89 bits per heavy atom. The lowest BCUT2D eigenvalue weighted by molar-refractivity contribution is 0.143. The summed E-state index contributed by atoms with van der Waals surface area (Å²) in [6.45, 7) is 5.09. The van der Waals surface area contributed by atoms with E-state index in [1.54, 1.807) is 10.8 Å². The highest BCUT2D eigenvalue weighted by molar-refractivity contribution is 5.42. The number of nitrogens with zero attached hydrogens (tertiary/aromatic N) is 2. The molecule has 0 saturated carbocycles.